The van der Waals surface area contributed by atoms with Crippen LogP contribution in [0, 0.1) is 0 Å². The van der Waals surface area contributed by atoms with Crippen LogP contribution in [0.3, 0.4) is 0 Å². The van der Waals surface area contributed by atoms with Crippen LogP contribution in [0.2, 0.25) is 8.87 Å². The topological polar surface area (TPSA) is 130 Å². The Hall–Kier alpha value is -3.02. The van der Waals surface area contributed by atoms with E-state index in [1.807, 2.05) is 0 Å². The molecular formula is C24H34O10Sn. The molecule has 0 aliphatic rings. The van der Waals surface area contributed by atoms with Crippen molar-refractivity contribution in [1.29, 1.82) is 0 Å². The molecule has 2 rings (SSSR count). The molecule has 2 aromatic carbocycles. The number of ether oxygens (including phenoxy) is 6. The van der Waals surface area contributed by atoms with Crippen molar-refractivity contribution in [2.75, 3.05) is 42.7 Å². The first-order valence-corrected chi connectivity index (χ1v) is 14.5. The summed E-state index contributed by atoms with van der Waals surface area (Å²) in [6, 6.07) is 5.85. The number of carboxylic acids is 2. The molecule has 2 N–H and O–H groups in total. The van der Waals surface area contributed by atoms with Crippen molar-refractivity contribution in [1.82, 2.24) is 0 Å². The second-order valence-electron chi connectivity index (χ2n) is 6.33. The Morgan fingerprint density at radius 1 is 0.600 bits per heavy atom. The molecule has 10 nitrogen and oxygen atoms in total. The van der Waals surface area contributed by atoms with Crippen molar-refractivity contribution >= 4 is 33.1 Å². The number of rotatable bonds is 10. The zero-order valence-corrected chi connectivity index (χ0v) is 24.2. The van der Waals surface area contributed by atoms with Crippen LogP contribution in [0.25, 0.3) is 0 Å². The van der Waals surface area contributed by atoms with E-state index in [2.05, 4.69) is 13.8 Å². The van der Waals surface area contributed by atoms with Gasteiger partial charge in [-0.25, -0.2) is 9.59 Å². The van der Waals surface area contributed by atoms with Crippen LogP contribution in [0.5, 0.6) is 34.5 Å². The van der Waals surface area contributed by atoms with E-state index in [4.69, 9.17) is 38.6 Å². The molecule has 0 saturated carbocycles. The van der Waals surface area contributed by atoms with E-state index in [1.54, 1.807) is 0 Å². The Kier molecular flexibility index (Phi) is 15.9. The third-order valence-corrected chi connectivity index (χ3v) is 7.22. The standard InChI is InChI=1S/2C10H12O5.2C2H5.Sn/c2*1-13-7-5-4-6(10(11)12)8(14-2)9(7)15-3;2*1-2;/h2*4-5H,1-3H3,(H,11,12);2*1H2,2H3;. The molecule has 2 radical (unpaired) electrons. The molecule has 0 aromatic heterocycles. The molecule has 194 valence electrons. The number of benzene rings is 2. The number of methoxy groups -OCH3 is 6. The third kappa shape index (κ3) is 9.27. The van der Waals surface area contributed by atoms with Gasteiger partial charge in [0.2, 0.25) is 11.5 Å². The number of hydrogen-bond acceptors (Lipinski definition) is 8. The van der Waals surface area contributed by atoms with Crippen LogP contribution in [0.15, 0.2) is 24.3 Å². The first kappa shape index (κ1) is 32.0. The molecule has 0 atom stereocenters. The van der Waals surface area contributed by atoms with E-state index >= 15 is 0 Å². The minimum atomic E-state index is -1.08. The molecule has 0 amide bonds. The fraction of sp³-hybridized carbons (Fsp3) is 0.417. The van der Waals surface area contributed by atoms with E-state index in [9.17, 15) is 9.59 Å². The molecule has 0 heterocycles. The van der Waals surface area contributed by atoms with Gasteiger partial charge in [0.25, 0.3) is 0 Å². The van der Waals surface area contributed by atoms with E-state index in [0.717, 1.165) is 0 Å². The Balaban J connectivity index is 0.000000555. The zero-order chi connectivity index (χ0) is 27.0. The van der Waals surface area contributed by atoms with Crippen LogP contribution >= 0.6 is 0 Å². The van der Waals surface area contributed by atoms with Gasteiger partial charge in [-0.05, 0) is 24.3 Å². The average molecular weight is 601 g/mol. The molecule has 0 bridgehead atoms. The summed E-state index contributed by atoms with van der Waals surface area (Å²) in [5, 5.41) is 17.8. The average Bonchev–Trinajstić information content (AvgIpc) is 2.87. The summed E-state index contributed by atoms with van der Waals surface area (Å²) in [5.41, 5.74) is 0.0744. The van der Waals surface area contributed by atoms with Crippen molar-refractivity contribution in [3.05, 3.63) is 35.4 Å². The number of aromatic carboxylic acids is 2. The summed E-state index contributed by atoms with van der Waals surface area (Å²) < 4.78 is 33.1. The normalized spacial score (nSPS) is 9.37. The quantitative estimate of drug-likeness (QED) is 0.379. The predicted octanol–water partition coefficient (Wildman–Crippen LogP) is 4.39. The molecule has 0 aliphatic heterocycles. The first-order chi connectivity index (χ1) is 16.7. The van der Waals surface area contributed by atoms with E-state index in [0.29, 0.717) is 11.5 Å². The van der Waals surface area contributed by atoms with Gasteiger partial charge >= 0.3 is 55.8 Å². The van der Waals surface area contributed by atoms with Gasteiger partial charge in [0.15, 0.2) is 23.0 Å². The molecule has 0 aliphatic carbocycles. The molecule has 0 spiro atoms. The van der Waals surface area contributed by atoms with Crippen LogP contribution in [0.1, 0.15) is 34.6 Å². The SMILES string of the molecule is COc1ccc(C(=O)O)c(OC)c1OC.COc1ccc(C(=O)O)c(OC)c1OC.C[CH2][Sn][CH2]C. The molecule has 0 fully saturated rings. The molecular weight excluding hydrogens is 567 g/mol. The molecule has 2 aromatic rings. The number of carboxylic acid groups (broad SMARTS) is 2. The summed E-state index contributed by atoms with van der Waals surface area (Å²) in [4.78, 5) is 21.7. The van der Waals surface area contributed by atoms with Gasteiger partial charge < -0.3 is 38.6 Å². The van der Waals surface area contributed by atoms with Gasteiger partial charge in [-0.3, -0.25) is 0 Å². The van der Waals surface area contributed by atoms with Gasteiger partial charge in [0.1, 0.15) is 11.1 Å². The number of hydrogen-bond donors (Lipinski definition) is 2. The maximum atomic E-state index is 10.9. The summed E-state index contributed by atoms with van der Waals surface area (Å²) >= 11 is 0.218. The van der Waals surface area contributed by atoms with Crippen molar-refractivity contribution in [3.8, 4) is 34.5 Å². The summed E-state index contributed by atoms with van der Waals surface area (Å²) in [5.74, 6) is -0.423. The first-order valence-electron chi connectivity index (χ1n) is 10.5. The Morgan fingerprint density at radius 2 is 0.914 bits per heavy atom. The maximum absolute atomic E-state index is 10.9. The Bertz CT molecular complexity index is 871. The van der Waals surface area contributed by atoms with Crippen LogP contribution in [0.4, 0.5) is 0 Å². The van der Waals surface area contributed by atoms with Crippen LogP contribution in [-0.4, -0.2) is 86.0 Å². The second kappa shape index (κ2) is 17.4. The predicted molar refractivity (Wildman–Crippen MR) is 133 cm³/mol. The summed E-state index contributed by atoms with van der Waals surface area (Å²) in [6.45, 7) is 4.57. The Morgan fingerprint density at radius 3 is 1.09 bits per heavy atom. The number of carbonyl (C=O) groups is 2. The zero-order valence-electron chi connectivity index (χ0n) is 21.4. The monoisotopic (exact) mass is 602 g/mol. The molecule has 0 saturated heterocycles. The fourth-order valence-corrected chi connectivity index (χ4v) is 4.22. The van der Waals surface area contributed by atoms with Crippen molar-refractivity contribution in [2.45, 2.75) is 22.7 Å². The fourth-order valence-electron chi connectivity index (χ4n) is 2.79. The third-order valence-electron chi connectivity index (χ3n) is 4.37. The van der Waals surface area contributed by atoms with Gasteiger partial charge in [0, 0.05) is 0 Å². The molecule has 11 heteroatoms. The van der Waals surface area contributed by atoms with Crippen LogP contribution < -0.4 is 28.4 Å². The Labute approximate surface area is 216 Å². The van der Waals surface area contributed by atoms with Gasteiger partial charge in [-0.2, -0.15) is 0 Å². The van der Waals surface area contributed by atoms with E-state index < -0.39 is 11.9 Å². The summed E-state index contributed by atoms with van der Waals surface area (Å²) in [6.07, 6.45) is 0. The summed E-state index contributed by atoms with van der Waals surface area (Å²) in [7, 11) is 8.54. The minimum absolute atomic E-state index is 0.0372. The van der Waals surface area contributed by atoms with Gasteiger partial charge in [0.05, 0.1) is 42.7 Å². The van der Waals surface area contributed by atoms with Gasteiger partial charge in [-0.15, -0.1) is 0 Å². The van der Waals surface area contributed by atoms with Crippen LogP contribution in [-0.2, 0) is 0 Å². The van der Waals surface area contributed by atoms with Crippen molar-refractivity contribution in [3.63, 3.8) is 0 Å². The molecule has 35 heavy (non-hydrogen) atoms. The second-order valence-corrected chi connectivity index (χ2v) is 11.8. The van der Waals surface area contributed by atoms with E-state index in [-0.39, 0.29) is 55.3 Å². The molecule has 0 unspecified atom stereocenters. The van der Waals surface area contributed by atoms with Crippen molar-refractivity contribution < 1.29 is 48.2 Å². The van der Waals surface area contributed by atoms with Gasteiger partial charge in [-0.1, -0.05) is 0 Å². The van der Waals surface area contributed by atoms with Crippen molar-refractivity contribution in [2.24, 2.45) is 0 Å². The van der Waals surface area contributed by atoms with E-state index in [1.165, 1.54) is 75.8 Å².